The summed E-state index contributed by atoms with van der Waals surface area (Å²) in [5.41, 5.74) is 2.28. The second kappa shape index (κ2) is 8.60. The third kappa shape index (κ3) is 4.21. The van der Waals surface area contributed by atoms with Gasteiger partial charge < -0.3 is 10.1 Å². The zero-order valence-corrected chi connectivity index (χ0v) is 18.1. The van der Waals surface area contributed by atoms with Crippen molar-refractivity contribution in [3.05, 3.63) is 78.8 Å². The van der Waals surface area contributed by atoms with Crippen molar-refractivity contribution in [2.75, 3.05) is 18.7 Å². The number of methoxy groups -OCH3 is 1. The summed E-state index contributed by atoms with van der Waals surface area (Å²) in [6.07, 6.45) is 4.35. The minimum atomic E-state index is -3.33. The number of benzene rings is 2. The molecule has 2 aromatic heterocycles. The minimum Gasteiger partial charge on any atom is -0.494 e. The molecule has 0 radical (unpaired) electrons. The Morgan fingerprint density at radius 1 is 1.00 bits per heavy atom. The molecule has 9 nitrogen and oxygen atoms in total. The fourth-order valence-corrected chi connectivity index (χ4v) is 3.78. The van der Waals surface area contributed by atoms with Crippen molar-refractivity contribution < 1.29 is 17.9 Å². The number of pyridine rings is 1. The van der Waals surface area contributed by atoms with Crippen LogP contribution in [-0.2, 0) is 9.84 Å². The van der Waals surface area contributed by atoms with Crippen LogP contribution >= 0.6 is 0 Å². The maximum atomic E-state index is 13.1. The van der Waals surface area contributed by atoms with E-state index in [4.69, 9.17) is 4.74 Å². The average molecular weight is 449 g/mol. The van der Waals surface area contributed by atoms with Gasteiger partial charge >= 0.3 is 0 Å². The van der Waals surface area contributed by atoms with Gasteiger partial charge in [-0.2, -0.15) is 0 Å². The largest absolute Gasteiger partial charge is 0.494 e. The first-order valence-electron chi connectivity index (χ1n) is 9.49. The Balaban J connectivity index is 1.76. The van der Waals surface area contributed by atoms with Crippen LogP contribution in [-0.4, -0.2) is 47.7 Å². The first-order valence-corrected chi connectivity index (χ1v) is 11.4. The molecule has 0 aliphatic carbocycles. The number of amides is 1. The van der Waals surface area contributed by atoms with Gasteiger partial charge in [0.2, 0.25) is 0 Å². The van der Waals surface area contributed by atoms with Crippen LogP contribution in [0.15, 0.2) is 78.0 Å². The highest BCUT2D eigenvalue weighted by molar-refractivity contribution is 7.90. The molecule has 2 aromatic carbocycles. The molecule has 0 atom stereocenters. The van der Waals surface area contributed by atoms with E-state index in [1.165, 1.54) is 28.9 Å². The summed E-state index contributed by atoms with van der Waals surface area (Å²) in [7, 11) is -1.78. The van der Waals surface area contributed by atoms with Gasteiger partial charge in [0.25, 0.3) is 5.91 Å². The number of sulfone groups is 1. The van der Waals surface area contributed by atoms with Crippen molar-refractivity contribution in [2.45, 2.75) is 4.90 Å². The number of rotatable bonds is 6. The van der Waals surface area contributed by atoms with Gasteiger partial charge in [-0.15, -0.1) is 5.10 Å². The van der Waals surface area contributed by atoms with E-state index in [-0.39, 0.29) is 10.6 Å². The number of hydrogen-bond acceptors (Lipinski definition) is 7. The third-order valence-electron chi connectivity index (χ3n) is 4.69. The van der Waals surface area contributed by atoms with Crippen LogP contribution in [0.3, 0.4) is 0 Å². The van der Waals surface area contributed by atoms with Crippen molar-refractivity contribution in [1.82, 2.24) is 20.0 Å². The van der Waals surface area contributed by atoms with Crippen LogP contribution in [0.1, 0.15) is 10.5 Å². The second-order valence-electron chi connectivity index (χ2n) is 6.86. The summed E-state index contributed by atoms with van der Waals surface area (Å²) >= 11 is 0. The van der Waals surface area contributed by atoms with Gasteiger partial charge in [-0.05, 0) is 48.5 Å². The van der Waals surface area contributed by atoms with Crippen LogP contribution in [0.4, 0.5) is 5.69 Å². The summed E-state index contributed by atoms with van der Waals surface area (Å²) in [4.78, 5) is 17.3. The Hall–Kier alpha value is -4.05. The Bertz CT molecular complexity index is 1370. The predicted octanol–water partition coefficient (Wildman–Crippen LogP) is 2.99. The fourth-order valence-electron chi connectivity index (χ4n) is 3.15. The first kappa shape index (κ1) is 21.2. The lowest BCUT2D eigenvalue weighted by molar-refractivity contribution is 0.102. The summed E-state index contributed by atoms with van der Waals surface area (Å²) in [5.74, 6) is 0.0705. The normalized spacial score (nSPS) is 11.2. The smallest absolute Gasteiger partial charge is 0.278 e. The van der Waals surface area contributed by atoms with Gasteiger partial charge in [0.1, 0.15) is 17.1 Å². The minimum absolute atomic E-state index is 0.0919. The van der Waals surface area contributed by atoms with Crippen LogP contribution in [0.2, 0.25) is 0 Å². The summed E-state index contributed by atoms with van der Waals surface area (Å²) in [6.45, 7) is 0. The number of carbonyl (C=O) groups is 1. The molecule has 0 bridgehead atoms. The zero-order chi connectivity index (χ0) is 22.7. The van der Waals surface area contributed by atoms with E-state index >= 15 is 0 Å². The lowest BCUT2D eigenvalue weighted by atomic mass is 10.1. The highest BCUT2D eigenvalue weighted by atomic mass is 32.2. The number of para-hydroxylation sites is 2. The molecule has 0 saturated heterocycles. The number of anilines is 1. The van der Waals surface area contributed by atoms with E-state index in [0.717, 1.165) is 6.26 Å². The summed E-state index contributed by atoms with van der Waals surface area (Å²) < 4.78 is 30.3. The molecule has 1 amide bonds. The van der Waals surface area contributed by atoms with Crippen molar-refractivity contribution in [3.63, 3.8) is 0 Å². The van der Waals surface area contributed by atoms with E-state index < -0.39 is 15.7 Å². The van der Waals surface area contributed by atoms with Gasteiger partial charge in [-0.3, -0.25) is 9.78 Å². The second-order valence-corrected chi connectivity index (χ2v) is 8.87. The number of nitrogens with one attached hydrogen (secondary N) is 1. The highest BCUT2D eigenvalue weighted by Gasteiger charge is 2.23. The molecule has 162 valence electrons. The van der Waals surface area contributed by atoms with Crippen molar-refractivity contribution in [2.24, 2.45) is 0 Å². The third-order valence-corrected chi connectivity index (χ3v) is 5.82. The molecule has 0 spiro atoms. The molecule has 4 rings (SSSR count). The molecule has 0 fully saturated rings. The van der Waals surface area contributed by atoms with Gasteiger partial charge in [0, 0.05) is 29.9 Å². The van der Waals surface area contributed by atoms with Crippen molar-refractivity contribution in [1.29, 1.82) is 0 Å². The molecule has 2 heterocycles. The Morgan fingerprint density at radius 2 is 1.69 bits per heavy atom. The van der Waals surface area contributed by atoms with Crippen LogP contribution in [0, 0.1) is 0 Å². The van der Waals surface area contributed by atoms with E-state index in [0.29, 0.717) is 28.4 Å². The average Bonchev–Trinajstić information content (AvgIpc) is 3.24. The zero-order valence-electron chi connectivity index (χ0n) is 17.3. The number of aromatic nitrogens is 4. The quantitative estimate of drug-likeness (QED) is 0.481. The van der Waals surface area contributed by atoms with Crippen LogP contribution < -0.4 is 10.1 Å². The molecule has 10 heteroatoms. The number of nitrogens with zero attached hydrogens (tertiary/aromatic N) is 4. The van der Waals surface area contributed by atoms with E-state index in [1.807, 2.05) is 18.2 Å². The SMILES string of the molecule is COc1ccccc1-n1nnc(C(=O)Nc2ccc(S(C)(=O)=O)cc2)c1-c1ccncc1. The van der Waals surface area contributed by atoms with Gasteiger partial charge in [-0.1, -0.05) is 17.3 Å². The monoisotopic (exact) mass is 449 g/mol. The molecule has 0 saturated carbocycles. The lowest BCUT2D eigenvalue weighted by Gasteiger charge is -2.12. The maximum Gasteiger partial charge on any atom is 0.278 e. The van der Waals surface area contributed by atoms with Gasteiger partial charge in [0.05, 0.1) is 12.0 Å². The molecule has 0 aliphatic heterocycles. The highest BCUT2D eigenvalue weighted by Crippen LogP contribution is 2.30. The number of carbonyl (C=O) groups excluding carboxylic acids is 1. The Kier molecular flexibility index (Phi) is 5.69. The number of ether oxygens (including phenoxy) is 1. The molecular weight excluding hydrogens is 430 g/mol. The van der Waals surface area contributed by atoms with Crippen LogP contribution in [0.5, 0.6) is 5.75 Å². The Morgan fingerprint density at radius 3 is 2.34 bits per heavy atom. The van der Waals surface area contributed by atoms with Gasteiger partial charge in [-0.25, -0.2) is 13.1 Å². The molecule has 1 N–H and O–H groups in total. The summed E-state index contributed by atoms with van der Waals surface area (Å²) in [6, 6.07) is 16.7. The molecule has 0 unspecified atom stereocenters. The maximum absolute atomic E-state index is 13.1. The summed E-state index contributed by atoms with van der Waals surface area (Å²) in [5, 5.41) is 11.1. The first-order chi connectivity index (χ1) is 15.4. The van der Waals surface area contributed by atoms with Crippen molar-refractivity contribution >= 4 is 21.4 Å². The lowest BCUT2D eigenvalue weighted by Crippen LogP contribution is -2.14. The molecular formula is C22H19N5O4S. The van der Waals surface area contributed by atoms with Gasteiger partial charge in [0.15, 0.2) is 15.5 Å². The van der Waals surface area contributed by atoms with E-state index in [2.05, 4.69) is 20.6 Å². The predicted molar refractivity (Wildman–Crippen MR) is 119 cm³/mol. The van der Waals surface area contributed by atoms with Crippen molar-refractivity contribution in [3.8, 4) is 22.7 Å². The molecule has 0 aliphatic rings. The van der Waals surface area contributed by atoms with E-state index in [1.54, 1.807) is 37.7 Å². The molecule has 32 heavy (non-hydrogen) atoms. The Labute approximate surface area is 184 Å². The fraction of sp³-hybridized carbons (Fsp3) is 0.0909. The van der Waals surface area contributed by atoms with E-state index in [9.17, 15) is 13.2 Å². The standard InChI is InChI=1S/C22H19N5O4S/c1-31-19-6-4-3-5-18(19)27-21(15-11-13-23-14-12-15)20(25-26-27)22(28)24-16-7-9-17(10-8-16)32(2,29)30/h3-14H,1-2H3,(H,24,28). The van der Waals surface area contributed by atoms with Crippen LogP contribution in [0.25, 0.3) is 16.9 Å². The topological polar surface area (TPSA) is 116 Å². The number of hydrogen-bond donors (Lipinski definition) is 1. The molecule has 4 aromatic rings.